The van der Waals surface area contributed by atoms with Gasteiger partial charge in [0, 0.05) is 10.2 Å². The highest BCUT2D eigenvalue weighted by Crippen LogP contribution is 2.20. The molecule has 0 aromatic heterocycles. The number of halogens is 1. The summed E-state index contributed by atoms with van der Waals surface area (Å²) in [4.78, 5) is 10.5. The molecule has 80 valence electrons. The summed E-state index contributed by atoms with van der Waals surface area (Å²) in [5, 5.41) is 12.2. The fraction of sp³-hybridized carbons (Fsp3) is 0.111. The number of urea groups is 1. The first-order valence-corrected chi connectivity index (χ1v) is 4.96. The number of carbonyl (C=O) groups is 1. The number of amides is 2. The van der Waals surface area contributed by atoms with Crippen LogP contribution in [0.1, 0.15) is 5.56 Å². The lowest BCUT2D eigenvalue weighted by molar-refractivity contribution is 0.253. The lowest BCUT2D eigenvalue weighted by Gasteiger charge is -2.10. The molecule has 0 aliphatic rings. The van der Waals surface area contributed by atoms with Crippen LogP contribution in [0.2, 0.25) is 0 Å². The number of guanidine groups is 1. The van der Waals surface area contributed by atoms with Gasteiger partial charge in [0.25, 0.3) is 0 Å². The molecule has 6 heteroatoms. The topological polar surface area (TPSA) is 91.0 Å². The first-order chi connectivity index (χ1) is 6.99. The van der Waals surface area contributed by atoms with E-state index in [1.807, 2.05) is 25.1 Å². The molecule has 1 aromatic carbocycles. The highest BCUT2D eigenvalue weighted by Gasteiger charge is 2.03. The molecule has 5 N–H and O–H groups in total. The number of anilines is 1. The van der Waals surface area contributed by atoms with Gasteiger partial charge in [0.1, 0.15) is 0 Å². The summed E-state index contributed by atoms with van der Waals surface area (Å²) in [6, 6.07) is 4.84. The number of aryl methyl sites for hydroxylation is 1. The molecule has 0 aliphatic heterocycles. The molecule has 5 nitrogen and oxygen atoms in total. The SMILES string of the molecule is Cc1ccc(Br)cc1NC(=N)NC(N)=O. The van der Waals surface area contributed by atoms with E-state index in [0.717, 1.165) is 15.7 Å². The highest BCUT2D eigenvalue weighted by atomic mass is 79.9. The summed E-state index contributed by atoms with van der Waals surface area (Å²) in [5.74, 6) is -0.149. The minimum absolute atomic E-state index is 0.149. The Bertz CT molecular complexity index is 405. The second-order valence-corrected chi connectivity index (χ2v) is 3.86. The summed E-state index contributed by atoms with van der Waals surface area (Å²) >= 11 is 3.31. The third kappa shape index (κ3) is 3.59. The van der Waals surface area contributed by atoms with Crippen LogP contribution < -0.4 is 16.4 Å². The van der Waals surface area contributed by atoms with Crippen LogP contribution in [0.15, 0.2) is 22.7 Å². The van der Waals surface area contributed by atoms with Crippen molar-refractivity contribution in [1.29, 1.82) is 5.41 Å². The van der Waals surface area contributed by atoms with Crippen molar-refractivity contribution >= 4 is 33.6 Å². The van der Waals surface area contributed by atoms with Gasteiger partial charge in [0.2, 0.25) is 5.96 Å². The Labute approximate surface area is 95.7 Å². The molecule has 1 aromatic rings. The van der Waals surface area contributed by atoms with Crippen LogP contribution >= 0.6 is 15.9 Å². The lowest BCUT2D eigenvalue weighted by Crippen LogP contribution is -2.38. The van der Waals surface area contributed by atoms with Crippen LogP contribution in [0.3, 0.4) is 0 Å². The molecular formula is C9H11BrN4O. The number of rotatable bonds is 1. The van der Waals surface area contributed by atoms with Crippen LogP contribution in [0, 0.1) is 12.3 Å². The van der Waals surface area contributed by atoms with Gasteiger partial charge in [-0.2, -0.15) is 0 Å². The molecule has 1 rings (SSSR count). The molecule has 0 bridgehead atoms. The van der Waals surface area contributed by atoms with Crippen LogP contribution in [0.5, 0.6) is 0 Å². The van der Waals surface area contributed by atoms with Crippen LogP contribution in [-0.2, 0) is 0 Å². The van der Waals surface area contributed by atoms with Crippen LogP contribution in [0.25, 0.3) is 0 Å². The van der Waals surface area contributed by atoms with Gasteiger partial charge in [-0.1, -0.05) is 22.0 Å². The van der Waals surface area contributed by atoms with Crippen molar-refractivity contribution in [3.05, 3.63) is 28.2 Å². The maximum absolute atomic E-state index is 10.5. The normalized spacial score (nSPS) is 9.47. The number of benzene rings is 1. The molecule has 0 heterocycles. The van der Waals surface area contributed by atoms with E-state index in [-0.39, 0.29) is 5.96 Å². The smallest absolute Gasteiger partial charge is 0.318 e. The van der Waals surface area contributed by atoms with Gasteiger partial charge >= 0.3 is 6.03 Å². The number of primary amides is 1. The lowest BCUT2D eigenvalue weighted by atomic mass is 10.2. The van der Waals surface area contributed by atoms with Crippen molar-refractivity contribution in [2.75, 3.05) is 5.32 Å². The molecule has 0 spiro atoms. The summed E-state index contributed by atoms with van der Waals surface area (Å²) in [7, 11) is 0. The largest absolute Gasteiger partial charge is 0.351 e. The highest BCUT2D eigenvalue weighted by molar-refractivity contribution is 9.10. The summed E-state index contributed by atoms with van der Waals surface area (Å²) < 4.78 is 0.891. The van der Waals surface area contributed by atoms with Gasteiger partial charge in [-0.25, -0.2) is 4.79 Å². The third-order valence-corrected chi connectivity index (χ3v) is 2.20. The number of nitrogens with one attached hydrogen (secondary N) is 3. The van der Waals surface area contributed by atoms with E-state index in [2.05, 4.69) is 26.6 Å². The second kappa shape index (κ2) is 4.79. The van der Waals surface area contributed by atoms with Gasteiger partial charge in [0.05, 0.1) is 0 Å². The van der Waals surface area contributed by atoms with E-state index in [0.29, 0.717) is 0 Å². The van der Waals surface area contributed by atoms with Gasteiger partial charge in [-0.15, -0.1) is 0 Å². The molecule has 0 unspecified atom stereocenters. The van der Waals surface area contributed by atoms with E-state index < -0.39 is 6.03 Å². The first kappa shape index (κ1) is 11.5. The van der Waals surface area contributed by atoms with Crippen molar-refractivity contribution in [2.24, 2.45) is 5.73 Å². The third-order valence-electron chi connectivity index (χ3n) is 1.71. The molecule has 0 atom stereocenters. The van der Waals surface area contributed by atoms with Gasteiger partial charge in [0.15, 0.2) is 0 Å². The van der Waals surface area contributed by atoms with Crippen molar-refractivity contribution in [2.45, 2.75) is 6.92 Å². The Hall–Kier alpha value is -1.56. The fourth-order valence-electron chi connectivity index (χ4n) is 1.02. The number of carbonyl (C=O) groups excluding carboxylic acids is 1. The Morgan fingerprint density at radius 3 is 2.80 bits per heavy atom. The fourth-order valence-corrected chi connectivity index (χ4v) is 1.38. The van der Waals surface area contributed by atoms with Crippen LogP contribution in [-0.4, -0.2) is 12.0 Å². The quantitative estimate of drug-likeness (QED) is 0.463. The van der Waals surface area contributed by atoms with Crippen molar-refractivity contribution in [1.82, 2.24) is 5.32 Å². The van der Waals surface area contributed by atoms with E-state index in [4.69, 9.17) is 11.1 Å². The molecule has 0 fully saturated rings. The standard InChI is InChI=1S/C9H11BrN4O/c1-5-2-3-6(10)4-7(5)13-8(11)14-9(12)15/h2-4H,1H3,(H5,11,12,13,14,15). The average Bonchev–Trinajstić information content (AvgIpc) is 2.10. The van der Waals surface area contributed by atoms with E-state index in [1.54, 1.807) is 0 Å². The second-order valence-electron chi connectivity index (χ2n) is 2.95. The summed E-state index contributed by atoms with van der Waals surface area (Å²) in [5.41, 5.74) is 6.58. The predicted molar refractivity (Wildman–Crippen MR) is 62.9 cm³/mol. The van der Waals surface area contributed by atoms with Crippen molar-refractivity contribution in [3.63, 3.8) is 0 Å². The molecule has 0 saturated heterocycles. The zero-order chi connectivity index (χ0) is 11.4. The number of nitrogens with two attached hydrogens (primary N) is 1. The molecular weight excluding hydrogens is 260 g/mol. The van der Waals surface area contributed by atoms with Gasteiger partial charge < -0.3 is 11.1 Å². The van der Waals surface area contributed by atoms with E-state index in [9.17, 15) is 4.79 Å². The molecule has 0 radical (unpaired) electrons. The Balaban J connectivity index is 2.76. The average molecular weight is 271 g/mol. The Morgan fingerprint density at radius 2 is 2.20 bits per heavy atom. The predicted octanol–water partition coefficient (Wildman–Crippen LogP) is 1.77. The minimum atomic E-state index is -0.764. The molecule has 15 heavy (non-hydrogen) atoms. The number of hydrogen-bond donors (Lipinski definition) is 4. The Morgan fingerprint density at radius 1 is 1.53 bits per heavy atom. The Kier molecular flexibility index (Phi) is 3.68. The van der Waals surface area contributed by atoms with Gasteiger partial charge in [-0.3, -0.25) is 10.7 Å². The maximum Gasteiger partial charge on any atom is 0.318 e. The monoisotopic (exact) mass is 270 g/mol. The van der Waals surface area contributed by atoms with Crippen molar-refractivity contribution < 1.29 is 4.79 Å². The summed E-state index contributed by atoms with van der Waals surface area (Å²) in [6.45, 7) is 1.90. The van der Waals surface area contributed by atoms with Crippen LogP contribution in [0.4, 0.5) is 10.5 Å². The van der Waals surface area contributed by atoms with Crippen molar-refractivity contribution in [3.8, 4) is 0 Å². The zero-order valence-electron chi connectivity index (χ0n) is 8.10. The molecule has 0 aliphatic carbocycles. The minimum Gasteiger partial charge on any atom is -0.351 e. The zero-order valence-corrected chi connectivity index (χ0v) is 9.68. The molecule has 2 amide bonds. The van der Waals surface area contributed by atoms with E-state index >= 15 is 0 Å². The summed E-state index contributed by atoms with van der Waals surface area (Å²) in [6.07, 6.45) is 0. The first-order valence-electron chi connectivity index (χ1n) is 4.17. The molecule has 0 saturated carbocycles. The maximum atomic E-state index is 10.5. The van der Waals surface area contributed by atoms with E-state index in [1.165, 1.54) is 0 Å². The number of hydrogen-bond acceptors (Lipinski definition) is 2. The van der Waals surface area contributed by atoms with Gasteiger partial charge in [-0.05, 0) is 24.6 Å².